The van der Waals surface area contributed by atoms with Crippen LogP contribution in [-0.4, -0.2) is 19.4 Å². The summed E-state index contributed by atoms with van der Waals surface area (Å²) >= 11 is 0. The Morgan fingerprint density at radius 1 is 1.19 bits per heavy atom. The van der Waals surface area contributed by atoms with Crippen molar-refractivity contribution in [3.63, 3.8) is 0 Å². The third-order valence-electron chi connectivity index (χ3n) is 4.74. The number of carbonyl (C=O) groups is 1. The highest BCUT2D eigenvalue weighted by atomic mass is 16.7. The van der Waals surface area contributed by atoms with E-state index in [-0.39, 0.29) is 27.9 Å². The number of methoxy groups -OCH3 is 1. The Hall–Kier alpha value is -3.48. The zero-order chi connectivity index (χ0) is 18.7. The summed E-state index contributed by atoms with van der Waals surface area (Å²) in [4.78, 5) is 24.8. The van der Waals surface area contributed by atoms with E-state index < -0.39 is 12.3 Å². The van der Waals surface area contributed by atoms with Gasteiger partial charge in [-0.2, -0.15) is 0 Å². The first-order valence-electron chi connectivity index (χ1n) is 8.36. The smallest absolute Gasteiger partial charge is 0.308 e. The van der Waals surface area contributed by atoms with Gasteiger partial charge in [-0.3, -0.25) is 9.59 Å². The molecule has 1 aromatic heterocycles. The van der Waals surface area contributed by atoms with E-state index in [1.165, 1.54) is 14.0 Å². The van der Waals surface area contributed by atoms with Crippen LogP contribution in [0.4, 0.5) is 0 Å². The number of esters is 1. The van der Waals surface area contributed by atoms with Gasteiger partial charge in [0.25, 0.3) is 6.29 Å². The first-order valence-corrected chi connectivity index (χ1v) is 8.36. The minimum absolute atomic E-state index is 0.149. The molecule has 27 heavy (non-hydrogen) atoms. The minimum atomic E-state index is -0.521. The lowest BCUT2D eigenvalue weighted by Gasteiger charge is -2.12. The van der Waals surface area contributed by atoms with E-state index in [4.69, 9.17) is 23.4 Å². The fourth-order valence-electron chi connectivity index (χ4n) is 3.66. The molecule has 0 fully saturated rings. The van der Waals surface area contributed by atoms with Gasteiger partial charge in [0.05, 0.1) is 24.9 Å². The Morgan fingerprint density at radius 2 is 2.04 bits per heavy atom. The molecule has 2 aliphatic heterocycles. The molecule has 0 radical (unpaired) electrons. The van der Waals surface area contributed by atoms with Crippen LogP contribution in [0.3, 0.4) is 0 Å². The van der Waals surface area contributed by atoms with Crippen molar-refractivity contribution in [3.8, 4) is 17.2 Å². The van der Waals surface area contributed by atoms with E-state index >= 15 is 0 Å². The quantitative estimate of drug-likeness (QED) is 0.391. The van der Waals surface area contributed by atoms with Crippen molar-refractivity contribution in [2.75, 3.05) is 7.11 Å². The summed E-state index contributed by atoms with van der Waals surface area (Å²) in [5, 5.41) is 0.458. The molecule has 3 heterocycles. The normalized spacial score (nSPS) is 19.5. The molecular formula is C20H14O7. The number of fused-ring (bicyclic) bond motifs is 6. The molecule has 7 heteroatoms. The van der Waals surface area contributed by atoms with Gasteiger partial charge < -0.3 is 23.4 Å². The maximum absolute atomic E-state index is 13.3. The van der Waals surface area contributed by atoms with E-state index in [2.05, 4.69) is 0 Å². The number of hydrogen-bond donors (Lipinski definition) is 0. The van der Waals surface area contributed by atoms with Gasteiger partial charge in [-0.25, -0.2) is 0 Å². The highest BCUT2D eigenvalue weighted by molar-refractivity contribution is 5.99. The summed E-state index contributed by atoms with van der Waals surface area (Å²) in [5.41, 5.74) is 1.09. The minimum Gasteiger partial charge on any atom is -0.496 e. The Labute approximate surface area is 152 Å². The van der Waals surface area contributed by atoms with Gasteiger partial charge in [0.1, 0.15) is 39.2 Å². The van der Waals surface area contributed by atoms with Crippen LogP contribution < -0.4 is 19.6 Å². The van der Waals surface area contributed by atoms with E-state index in [9.17, 15) is 9.59 Å². The van der Waals surface area contributed by atoms with Crippen molar-refractivity contribution in [2.45, 2.75) is 19.1 Å². The lowest BCUT2D eigenvalue weighted by atomic mass is 9.97. The molecule has 136 valence electrons. The molecule has 0 spiro atoms. The highest BCUT2D eigenvalue weighted by Gasteiger charge is 2.40. The zero-order valence-electron chi connectivity index (χ0n) is 14.5. The van der Waals surface area contributed by atoms with Crippen LogP contribution in [0.1, 0.15) is 18.4 Å². The Bertz CT molecular complexity index is 1200. The average Bonchev–Trinajstić information content (AvgIpc) is 3.21. The Morgan fingerprint density at radius 3 is 2.81 bits per heavy atom. The van der Waals surface area contributed by atoms with Gasteiger partial charge in [-0.1, -0.05) is 6.07 Å². The van der Waals surface area contributed by atoms with E-state index in [1.807, 2.05) is 6.08 Å². The number of carbonyl (C=O) groups excluding carboxylic acids is 1. The molecule has 0 saturated carbocycles. The number of benzene rings is 2. The third kappa shape index (κ3) is 2.14. The molecule has 0 bridgehead atoms. The lowest BCUT2D eigenvalue weighted by Crippen LogP contribution is -2.14. The van der Waals surface area contributed by atoms with Crippen LogP contribution >= 0.6 is 0 Å². The summed E-state index contributed by atoms with van der Waals surface area (Å²) in [6, 6.07) is 6.53. The molecule has 2 aliphatic rings. The van der Waals surface area contributed by atoms with Crippen molar-refractivity contribution >= 4 is 27.9 Å². The topological polar surface area (TPSA) is 84.2 Å². The number of rotatable bonds is 2. The van der Waals surface area contributed by atoms with Crippen LogP contribution in [-0.2, 0) is 9.53 Å². The average molecular weight is 366 g/mol. The summed E-state index contributed by atoms with van der Waals surface area (Å²) in [5.74, 6) is 0.327. The second kappa shape index (κ2) is 5.51. The van der Waals surface area contributed by atoms with E-state index in [1.54, 1.807) is 30.5 Å². The fraction of sp³-hybridized carbons (Fsp3) is 0.200. The first-order chi connectivity index (χ1) is 13.1. The van der Waals surface area contributed by atoms with Gasteiger partial charge in [-0.15, -0.1) is 0 Å². The molecule has 0 aliphatic carbocycles. The molecule has 0 saturated heterocycles. The number of ether oxygens (including phenoxy) is 4. The van der Waals surface area contributed by atoms with Crippen LogP contribution in [0.2, 0.25) is 0 Å². The standard InChI is InChI=1S/C20H14O7/c1-9(21)25-11-4-3-5-12-16(11)18(22)17-13(23-2)8-14-15(19(17)26-12)10-6-7-24-20(10)27-14/h3-8,10,20H,1-2H3/t10-,20+/m0/s1. The van der Waals surface area contributed by atoms with Crippen molar-refractivity contribution < 1.29 is 28.2 Å². The van der Waals surface area contributed by atoms with Crippen LogP contribution in [0.25, 0.3) is 21.9 Å². The van der Waals surface area contributed by atoms with Crippen molar-refractivity contribution in [3.05, 3.63) is 52.4 Å². The molecule has 2 atom stereocenters. The van der Waals surface area contributed by atoms with Crippen LogP contribution in [0, 0.1) is 0 Å². The first kappa shape index (κ1) is 15.7. The van der Waals surface area contributed by atoms with Crippen molar-refractivity contribution in [1.29, 1.82) is 0 Å². The summed E-state index contributed by atoms with van der Waals surface area (Å²) in [7, 11) is 1.47. The number of hydrogen-bond acceptors (Lipinski definition) is 7. The van der Waals surface area contributed by atoms with Crippen LogP contribution in [0.15, 0.2) is 45.8 Å². The highest BCUT2D eigenvalue weighted by Crippen LogP contribution is 2.49. The second-order valence-corrected chi connectivity index (χ2v) is 6.33. The van der Waals surface area contributed by atoms with Gasteiger partial charge >= 0.3 is 5.97 Å². The second-order valence-electron chi connectivity index (χ2n) is 6.33. The zero-order valence-corrected chi connectivity index (χ0v) is 14.5. The maximum atomic E-state index is 13.3. The van der Waals surface area contributed by atoms with Crippen molar-refractivity contribution in [1.82, 2.24) is 0 Å². The maximum Gasteiger partial charge on any atom is 0.308 e. The molecule has 3 aromatic rings. The predicted molar refractivity (Wildman–Crippen MR) is 95.2 cm³/mol. The molecule has 0 unspecified atom stereocenters. The SMILES string of the molecule is COc1cc2c(c3oc4cccc(OC(C)=O)c4c(=O)c13)[C@@H]1C=CO[C@@H]1O2. The van der Waals surface area contributed by atoms with Gasteiger partial charge in [0.2, 0.25) is 5.43 Å². The molecule has 5 rings (SSSR count). The molecule has 7 nitrogen and oxygen atoms in total. The summed E-state index contributed by atoms with van der Waals surface area (Å²) in [6.07, 6.45) is 2.96. The summed E-state index contributed by atoms with van der Waals surface area (Å²) in [6.45, 7) is 1.28. The Kier molecular flexibility index (Phi) is 3.21. The van der Waals surface area contributed by atoms with Crippen LogP contribution in [0.5, 0.6) is 17.2 Å². The Balaban J connectivity index is 1.91. The predicted octanol–water partition coefficient (Wildman–Crippen LogP) is 3.23. The lowest BCUT2D eigenvalue weighted by molar-refractivity contribution is -0.131. The van der Waals surface area contributed by atoms with E-state index in [0.717, 1.165) is 5.56 Å². The third-order valence-corrected chi connectivity index (χ3v) is 4.74. The van der Waals surface area contributed by atoms with E-state index in [0.29, 0.717) is 22.7 Å². The molecule has 2 aromatic carbocycles. The van der Waals surface area contributed by atoms with Gasteiger partial charge in [-0.05, 0) is 18.2 Å². The molecular weight excluding hydrogens is 352 g/mol. The monoisotopic (exact) mass is 366 g/mol. The van der Waals surface area contributed by atoms with Gasteiger partial charge in [0, 0.05) is 13.0 Å². The molecule has 0 amide bonds. The largest absolute Gasteiger partial charge is 0.496 e. The van der Waals surface area contributed by atoms with Crippen molar-refractivity contribution in [2.24, 2.45) is 0 Å². The summed E-state index contributed by atoms with van der Waals surface area (Å²) < 4.78 is 28.0. The van der Waals surface area contributed by atoms with Gasteiger partial charge in [0.15, 0.2) is 0 Å². The molecule has 0 N–H and O–H groups in total. The fourth-order valence-corrected chi connectivity index (χ4v) is 3.66.